The molecule has 0 bridgehead atoms. The van der Waals surface area contributed by atoms with E-state index < -0.39 is 0 Å². The lowest BCUT2D eigenvalue weighted by atomic mass is 10.0. The molecule has 1 aliphatic rings. The fraction of sp³-hybridized carbons (Fsp3) is 0.786. The molecule has 1 N–H and O–H groups in total. The number of nitrogens with one attached hydrogen (secondary N) is 1. The van der Waals surface area contributed by atoms with Crippen LogP contribution < -0.4 is 5.32 Å². The Morgan fingerprint density at radius 1 is 1.39 bits per heavy atom. The van der Waals surface area contributed by atoms with Crippen molar-refractivity contribution in [1.29, 1.82) is 0 Å². The Labute approximate surface area is 118 Å². The largest absolute Gasteiger partial charge is 0.311 e. The molecule has 0 spiro atoms. The molecule has 102 valence electrons. The number of aromatic nitrogens is 2. The fourth-order valence-electron chi connectivity index (χ4n) is 2.82. The average Bonchev–Trinajstić information content (AvgIpc) is 2.96. The van der Waals surface area contributed by atoms with E-state index in [0.717, 1.165) is 31.1 Å². The molecule has 0 saturated heterocycles. The van der Waals surface area contributed by atoms with Crippen LogP contribution in [0.25, 0.3) is 0 Å². The van der Waals surface area contributed by atoms with Gasteiger partial charge >= 0.3 is 0 Å². The minimum atomic E-state index is 0.913. The smallest absolute Gasteiger partial charge is 0.0767 e. The number of nitrogens with zero attached hydrogens (tertiary/aromatic N) is 2. The van der Waals surface area contributed by atoms with E-state index in [9.17, 15) is 0 Å². The van der Waals surface area contributed by atoms with Crippen LogP contribution in [0.1, 0.15) is 50.4 Å². The van der Waals surface area contributed by atoms with Crippen molar-refractivity contribution < 1.29 is 0 Å². The van der Waals surface area contributed by atoms with Gasteiger partial charge in [-0.25, -0.2) is 0 Å². The zero-order valence-electron chi connectivity index (χ0n) is 11.5. The van der Waals surface area contributed by atoms with E-state index in [0.29, 0.717) is 0 Å². The van der Waals surface area contributed by atoms with Gasteiger partial charge in [0.15, 0.2) is 0 Å². The van der Waals surface area contributed by atoms with Gasteiger partial charge in [0.1, 0.15) is 0 Å². The maximum atomic E-state index is 4.51. The first kappa shape index (κ1) is 14.1. The van der Waals surface area contributed by atoms with Gasteiger partial charge in [-0.05, 0) is 41.2 Å². The summed E-state index contributed by atoms with van der Waals surface area (Å²) in [5.41, 5.74) is 2.42. The van der Waals surface area contributed by atoms with Crippen LogP contribution in [0.4, 0.5) is 0 Å². The molecule has 0 aromatic carbocycles. The first-order chi connectivity index (χ1) is 8.72. The summed E-state index contributed by atoms with van der Waals surface area (Å²) < 4.78 is 3.17. The van der Waals surface area contributed by atoms with E-state index in [2.05, 4.69) is 33.3 Å². The third-order valence-corrected chi connectivity index (χ3v) is 4.91. The Kier molecular flexibility index (Phi) is 5.25. The van der Waals surface area contributed by atoms with Crippen molar-refractivity contribution in [2.24, 2.45) is 13.0 Å². The number of hydrogen-bond acceptors (Lipinski definition) is 2. The predicted octanol–water partition coefficient (Wildman–Crippen LogP) is 3.41. The van der Waals surface area contributed by atoms with Crippen molar-refractivity contribution >= 4 is 15.9 Å². The molecular weight excluding hydrogens is 290 g/mol. The van der Waals surface area contributed by atoms with Gasteiger partial charge in [-0.2, -0.15) is 5.10 Å². The summed E-state index contributed by atoms with van der Waals surface area (Å²) in [5, 5.41) is 8.07. The van der Waals surface area contributed by atoms with E-state index in [4.69, 9.17) is 0 Å². The lowest BCUT2D eigenvalue weighted by Crippen LogP contribution is -2.19. The van der Waals surface area contributed by atoms with Gasteiger partial charge in [-0.1, -0.05) is 32.6 Å². The van der Waals surface area contributed by atoms with E-state index in [-0.39, 0.29) is 0 Å². The quantitative estimate of drug-likeness (QED) is 0.816. The van der Waals surface area contributed by atoms with Crippen molar-refractivity contribution in [2.45, 2.75) is 52.0 Å². The number of halogens is 1. The van der Waals surface area contributed by atoms with Gasteiger partial charge in [0.05, 0.1) is 15.9 Å². The van der Waals surface area contributed by atoms with Crippen LogP contribution in [0.3, 0.4) is 0 Å². The third kappa shape index (κ3) is 3.35. The lowest BCUT2D eigenvalue weighted by molar-refractivity contribution is 0.473. The van der Waals surface area contributed by atoms with Crippen molar-refractivity contribution in [2.75, 3.05) is 6.54 Å². The number of aryl methyl sites for hydroxylation is 2. The summed E-state index contributed by atoms with van der Waals surface area (Å²) in [6, 6.07) is 0. The second-order valence-corrected chi connectivity index (χ2v) is 6.09. The van der Waals surface area contributed by atoms with Crippen LogP contribution in [-0.4, -0.2) is 16.3 Å². The summed E-state index contributed by atoms with van der Waals surface area (Å²) in [7, 11) is 2.03. The Hall–Kier alpha value is -0.350. The zero-order chi connectivity index (χ0) is 13.0. The fourth-order valence-corrected chi connectivity index (χ4v) is 3.58. The molecule has 0 amide bonds. The highest BCUT2D eigenvalue weighted by Gasteiger charge is 2.15. The summed E-state index contributed by atoms with van der Waals surface area (Å²) in [5.74, 6) is 0.971. The van der Waals surface area contributed by atoms with E-state index >= 15 is 0 Å². The summed E-state index contributed by atoms with van der Waals surface area (Å²) in [6.45, 7) is 4.19. The maximum absolute atomic E-state index is 4.51. The van der Waals surface area contributed by atoms with E-state index in [1.807, 2.05) is 11.7 Å². The standard InChI is InChI=1S/C14H24BrN3/c1-3-12-14(15)13(18(2)17-12)10-16-9-8-11-6-4-5-7-11/h11,16H,3-10H2,1-2H3. The van der Waals surface area contributed by atoms with Crippen LogP contribution in [0.15, 0.2) is 4.47 Å². The Bertz CT molecular complexity index is 381. The van der Waals surface area contributed by atoms with Gasteiger partial charge in [-0.15, -0.1) is 0 Å². The molecule has 3 nitrogen and oxygen atoms in total. The summed E-state index contributed by atoms with van der Waals surface area (Å²) in [4.78, 5) is 0. The normalized spacial score (nSPS) is 16.6. The Balaban J connectivity index is 1.77. The van der Waals surface area contributed by atoms with E-state index in [1.54, 1.807) is 0 Å². The minimum absolute atomic E-state index is 0.913. The van der Waals surface area contributed by atoms with Gasteiger partial charge in [0, 0.05) is 13.6 Å². The monoisotopic (exact) mass is 313 g/mol. The molecular formula is C14H24BrN3. The molecule has 1 fully saturated rings. The molecule has 0 aliphatic heterocycles. The maximum Gasteiger partial charge on any atom is 0.0767 e. The lowest BCUT2D eigenvalue weighted by Gasteiger charge is -2.10. The third-order valence-electron chi connectivity index (χ3n) is 4.00. The summed E-state index contributed by atoms with van der Waals surface area (Å²) in [6.07, 6.45) is 8.08. The second kappa shape index (κ2) is 6.71. The highest BCUT2D eigenvalue weighted by atomic mass is 79.9. The number of hydrogen-bond donors (Lipinski definition) is 1. The highest BCUT2D eigenvalue weighted by molar-refractivity contribution is 9.10. The Morgan fingerprint density at radius 2 is 2.11 bits per heavy atom. The minimum Gasteiger partial charge on any atom is -0.311 e. The first-order valence-corrected chi connectivity index (χ1v) is 7.92. The van der Waals surface area contributed by atoms with Crippen molar-refractivity contribution in [3.05, 3.63) is 15.9 Å². The molecule has 0 atom stereocenters. The molecule has 1 aliphatic carbocycles. The van der Waals surface area contributed by atoms with Gasteiger partial charge in [-0.3, -0.25) is 4.68 Å². The molecule has 1 saturated carbocycles. The van der Waals surface area contributed by atoms with Crippen LogP contribution in [0.2, 0.25) is 0 Å². The van der Waals surface area contributed by atoms with Gasteiger partial charge in [0.2, 0.25) is 0 Å². The molecule has 0 radical (unpaired) electrons. The average molecular weight is 314 g/mol. The molecule has 18 heavy (non-hydrogen) atoms. The first-order valence-electron chi connectivity index (χ1n) is 7.13. The van der Waals surface area contributed by atoms with Crippen LogP contribution in [0.5, 0.6) is 0 Å². The topological polar surface area (TPSA) is 29.9 Å². The van der Waals surface area contributed by atoms with Crippen molar-refractivity contribution in [3.8, 4) is 0 Å². The highest BCUT2D eigenvalue weighted by Crippen LogP contribution is 2.27. The second-order valence-electron chi connectivity index (χ2n) is 5.30. The molecule has 4 heteroatoms. The van der Waals surface area contributed by atoms with Gasteiger partial charge in [0.25, 0.3) is 0 Å². The molecule has 1 heterocycles. The van der Waals surface area contributed by atoms with Crippen LogP contribution in [0, 0.1) is 5.92 Å². The van der Waals surface area contributed by atoms with Gasteiger partial charge < -0.3 is 5.32 Å². The van der Waals surface area contributed by atoms with Crippen molar-refractivity contribution in [1.82, 2.24) is 15.1 Å². The summed E-state index contributed by atoms with van der Waals surface area (Å²) >= 11 is 3.66. The Morgan fingerprint density at radius 3 is 2.72 bits per heavy atom. The van der Waals surface area contributed by atoms with Crippen LogP contribution in [-0.2, 0) is 20.0 Å². The zero-order valence-corrected chi connectivity index (χ0v) is 13.1. The molecule has 1 aromatic rings. The van der Waals surface area contributed by atoms with E-state index in [1.165, 1.54) is 42.3 Å². The molecule has 0 unspecified atom stereocenters. The van der Waals surface area contributed by atoms with Crippen LogP contribution >= 0.6 is 15.9 Å². The van der Waals surface area contributed by atoms with Crippen molar-refractivity contribution in [3.63, 3.8) is 0 Å². The molecule has 1 aromatic heterocycles. The predicted molar refractivity (Wildman–Crippen MR) is 78.6 cm³/mol. The number of rotatable bonds is 6. The SMILES string of the molecule is CCc1nn(C)c(CNCCC2CCCC2)c1Br. The molecule has 2 rings (SSSR count).